The van der Waals surface area contributed by atoms with Crippen LogP contribution in [-0.4, -0.2) is 49.2 Å². The molecule has 2 aliphatic heterocycles. The van der Waals surface area contributed by atoms with Crippen molar-refractivity contribution in [3.8, 4) is 11.5 Å². The summed E-state index contributed by atoms with van der Waals surface area (Å²) in [7, 11) is -1.12. The first kappa shape index (κ1) is 21.4. The normalized spacial score (nSPS) is 20.0. The standard InChI is InChI=1S/C23H34N2O4Si/c1-30(2,3)11-10-28-16-25-14-21(17-6-8-27-9-7-17)24-23(25)19-12-18-13-20(26)4-5-22(18)29-15-19/h4-5,13-14,17,19,26H,6-12,15-16H2,1-3H3. The van der Waals surface area contributed by atoms with Gasteiger partial charge in [0.05, 0.1) is 18.2 Å². The number of benzene rings is 1. The lowest BCUT2D eigenvalue weighted by atomic mass is 9.95. The van der Waals surface area contributed by atoms with E-state index in [2.05, 4.69) is 30.4 Å². The first-order valence-corrected chi connectivity index (χ1v) is 14.8. The van der Waals surface area contributed by atoms with E-state index in [1.54, 1.807) is 12.1 Å². The Morgan fingerprint density at radius 2 is 2.00 bits per heavy atom. The van der Waals surface area contributed by atoms with Crippen LogP contribution in [0.5, 0.6) is 11.5 Å². The van der Waals surface area contributed by atoms with Crippen molar-refractivity contribution in [3.05, 3.63) is 41.5 Å². The van der Waals surface area contributed by atoms with Crippen LogP contribution in [0, 0.1) is 0 Å². The fourth-order valence-corrected chi connectivity index (χ4v) is 4.92. The number of phenolic OH excluding ortho intramolecular Hbond substituents is 1. The Kier molecular flexibility index (Phi) is 6.50. The molecule has 1 unspecified atom stereocenters. The number of phenols is 1. The number of aromatic nitrogens is 2. The number of aromatic hydroxyl groups is 1. The summed E-state index contributed by atoms with van der Waals surface area (Å²) in [5.41, 5.74) is 2.18. The molecule has 1 fully saturated rings. The molecule has 0 saturated carbocycles. The quantitative estimate of drug-likeness (QED) is 0.517. The highest BCUT2D eigenvalue weighted by Crippen LogP contribution is 2.35. The monoisotopic (exact) mass is 430 g/mol. The van der Waals surface area contributed by atoms with Crippen LogP contribution >= 0.6 is 0 Å². The summed E-state index contributed by atoms with van der Waals surface area (Å²) in [6.07, 6.45) is 5.02. The SMILES string of the molecule is C[Si](C)(C)CCOCn1cc(C2CCOCC2)nc1C1COc2ccc(O)cc2C1. The average Bonchev–Trinajstić information content (AvgIpc) is 3.15. The third kappa shape index (κ3) is 5.25. The number of fused-ring (bicyclic) bond motifs is 1. The van der Waals surface area contributed by atoms with E-state index in [4.69, 9.17) is 19.2 Å². The summed E-state index contributed by atoms with van der Waals surface area (Å²) in [4.78, 5) is 5.07. The van der Waals surface area contributed by atoms with Gasteiger partial charge < -0.3 is 23.9 Å². The van der Waals surface area contributed by atoms with Crippen molar-refractivity contribution in [3.63, 3.8) is 0 Å². The summed E-state index contributed by atoms with van der Waals surface area (Å²) in [5, 5.41) is 9.88. The maximum atomic E-state index is 9.88. The molecule has 7 heteroatoms. The first-order chi connectivity index (χ1) is 14.4. The highest BCUT2D eigenvalue weighted by Gasteiger charge is 2.28. The Morgan fingerprint density at radius 1 is 1.20 bits per heavy atom. The second-order valence-electron chi connectivity index (χ2n) is 9.73. The van der Waals surface area contributed by atoms with E-state index >= 15 is 0 Å². The van der Waals surface area contributed by atoms with Crippen LogP contribution in [0.25, 0.3) is 0 Å². The van der Waals surface area contributed by atoms with E-state index in [-0.39, 0.29) is 11.7 Å². The maximum Gasteiger partial charge on any atom is 0.123 e. The van der Waals surface area contributed by atoms with E-state index in [9.17, 15) is 5.11 Å². The molecule has 1 aromatic carbocycles. The molecule has 0 radical (unpaired) electrons. The number of hydrogen-bond donors (Lipinski definition) is 1. The van der Waals surface area contributed by atoms with Crippen LogP contribution in [0.1, 0.15) is 41.8 Å². The molecule has 3 heterocycles. The molecule has 2 aromatic rings. The zero-order valence-corrected chi connectivity index (χ0v) is 19.4. The molecule has 1 N–H and O–H groups in total. The smallest absolute Gasteiger partial charge is 0.123 e. The number of ether oxygens (including phenoxy) is 3. The molecule has 164 valence electrons. The van der Waals surface area contributed by atoms with Crippen LogP contribution in [-0.2, 0) is 22.6 Å². The van der Waals surface area contributed by atoms with Gasteiger partial charge in [0.25, 0.3) is 0 Å². The molecule has 0 amide bonds. The molecular formula is C23H34N2O4Si. The summed E-state index contributed by atoms with van der Waals surface area (Å²) < 4.78 is 19.8. The van der Waals surface area contributed by atoms with Gasteiger partial charge >= 0.3 is 0 Å². The third-order valence-electron chi connectivity index (χ3n) is 6.01. The average molecular weight is 431 g/mol. The van der Waals surface area contributed by atoms with Gasteiger partial charge in [-0.2, -0.15) is 0 Å². The maximum absolute atomic E-state index is 9.88. The number of rotatable bonds is 7. The van der Waals surface area contributed by atoms with Crippen molar-refractivity contribution in [2.24, 2.45) is 0 Å². The van der Waals surface area contributed by atoms with Gasteiger partial charge in [0, 0.05) is 40.0 Å². The van der Waals surface area contributed by atoms with Gasteiger partial charge in [-0.3, -0.25) is 0 Å². The summed E-state index contributed by atoms with van der Waals surface area (Å²) in [6, 6.07) is 6.48. The molecule has 4 rings (SSSR count). The van der Waals surface area contributed by atoms with E-state index in [1.807, 2.05) is 6.07 Å². The minimum Gasteiger partial charge on any atom is -0.508 e. The van der Waals surface area contributed by atoms with Crippen LogP contribution in [0.15, 0.2) is 24.4 Å². The van der Waals surface area contributed by atoms with Crippen molar-refractivity contribution in [1.29, 1.82) is 0 Å². The van der Waals surface area contributed by atoms with Gasteiger partial charge in [-0.05, 0) is 49.1 Å². The summed E-state index contributed by atoms with van der Waals surface area (Å²) >= 11 is 0. The van der Waals surface area contributed by atoms with Gasteiger partial charge in [-0.1, -0.05) is 19.6 Å². The molecule has 30 heavy (non-hydrogen) atoms. The molecular weight excluding hydrogens is 396 g/mol. The molecule has 0 spiro atoms. The highest BCUT2D eigenvalue weighted by molar-refractivity contribution is 6.76. The molecule has 0 bridgehead atoms. The van der Waals surface area contributed by atoms with Gasteiger partial charge in [-0.25, -0.2) is 4.98 Å². The van der Waals surface area contributed by atoms with Crippen molar-refractivity contribution >= 4 is 8.07 Å². The summed E-state index contributed by atoms with van der Waals surface area (Å²) in [5.74, 6) is 2.76. The van der Waals surface area contributed by atoms with Crippen LogP contribution in [0.2, 0.25) is 25.7 Å². The predicted octanol–water partition coefficient (Wildman–Crippen LogP) is 4.51. The molecule has 6 nitrogen and oxygen atoms in total. The topological polar surface area (TPSA) is 65.7 Å². The van der Waals surface area contributed by atoms with Crippen molar-refractivity contribution in [2.75, 3.05) is 26.4 Å². The van der Waals surface area contributed by atoms with Crippen molar-refractivity contribution < 1.29 is 19.3 Å². The molecule has 1 aromatic heterocycles. The summed E-state index contributed by atoms with van der Waals surface area (Å²) in [6.45, 7) is 10.6. The Bertz CT molecular complexity index is 855. The zero-order chi connectivity index (χ0) is 21.1. The van der Waals surface area contributed by atoms with Crippen LogP contribution in [0.3, 0.4) is 0 Å². The Hall–Kier alpha value is -1.83. The second kappa shape index (κ2) is 9.12. The number of imidazole rings is 1. The minimum absolute atomic E-state index is 0.147. The fourth-order valence-electron chi connectivity index (χ4n) is 4.16. The highest BCUT2D eigenvalue weighted by atomic mass is 28.3. The Balaban J connectivity index is 1.53. The molecule has 1 atom stereocenters. The van der Waals surface area contributed by atoms with E-state index in [0.29, 0.717) is 19.3 Å². The Labute approximate surface area is 180 Å². The van der Waals surface area contributed by atoms with Gasteiger partial charge in [0.2, 0.25) is 0 Å². The van der Waals surface area contributed by atoms with Crippen molar-refractivity contribution in [2.45, 2.75) is 63.5 Å². The number of hydrogen-bond acceptors (Lipinski definition) is 5. The largest absolute Gasteiger partial charge is 0.508 e. The lowest BCUT2D eigenvalue weighted by Gasteiger charge is -2.26. The first-order valence-electron chi connectivity index (χ1n) is 11.1. The van der Waals surface area contributed by atoms with E-state index in [0.717, 1.165) is 68.0 Å². The van der Waals surface area contributed by atoms with Gasteiger partial charge in [0.1, 0.15) is 24.1 Å². The lowest BCUT2D eigenvalue weighted by molar-refractivity contribution is 0.0817. The molecule has 0 aliphatic carbocycles. The predicted molar refractivity (Wildman–Crippen MR) is 119 cm³/mol. The van der Waals surface area contributed by atoms with Crippen molar-refractivity contribution in [1.82, 2.24) is 9.55 Å². The van der Waals surface area contributed by atoms with Crippen LogP contribution < -0.4 is 4.74 Å². The second-order valence-corrected chi connectivity index (χ2v) is 15.4. The molecule has 1 saturated heterocycles. The lowest BCUT2D eigenvalue weighted by Crippen LogP contribution is -2.24. The van der Waals surface area contributed by atoms with Gasteiger partial charge in [0.15, 0.2) is 0 Å². The van der Waals surface area contributed by atoms with E-state index < -0.39 is 8.07 Å². The van der Waals surface area contributed by atoms with E-state index in [1.165, 1.54) is 0 Å². The third-order valence-corrected chi connectivity index (χ3v) is 7.71. The fraction of sp³-hybridized carbons (Fsp3) is 0.609. The van der Waals surface area contributed by atoms with Crippen LogP contribution in [0.4, 0.5) is 0 Å². The minimum atomic E-state index is -1.12. The zero-order valence-electron chi connectivity index (χ0n) is 18.4. The Morgan fingerprint density at radius 3 is 2.77 bits per heavy atom. The number of nitrogens with zero attached hydrogens (tertiary/aromatic N) is 2. The van der Waals surface area contributed by atoms with Gasteiger partial charge in [-0.15, -0.1) is 0 Å². The molecule has 2 aliphatic rings.